The Hall–Kier alpha value is -0.0400. The second kappa shape index (κ2) is 1.97. The van der Waals surface area contributed by atoms with Gasteiger partial charge in [0, 0.05) is 12.1 Å². The van der Waals surface area contributed by atoms with Gasteiger partial charge in [0.1, 0.15) is 0 Å². The Balaban J connectivity index is 1.83. The number of hydrogen-bond donors (Lipinski definition) is 0. The van der Waals surface area contributed by atoms with Crippen LogP contribution in [0.15, 0.2) is 0 Å². The molecule has 1 heteroatoms. The van der Waals surface area contributed by atoms with Crippen LogP contribution in [0.2, 0.25) is 0 Å². The Morgan fingerprint density at radius 3 is 1.50 bits per heavy atom. The summed E-state index contributed by atoms with van der Waals surface area (Å²) in [6, 6.07) is 1.88. The zero-order chi connectivity index (χ0) is 7.30. The summed E-state index contributed by atoms with van der Waals surface area (Å²) in [6.07, 6.45) is 2.89. The molecule has 4 unspecified atom stereocenters. The van der Waals surface area contributed by atoms with E-state index in [0.717, 1.165) is 23.9 Å². The highest BCUT2D eigenvalue weighted by Gasteiger charge is 2.45. The zero-order valence-electron chi connectivity index (χ0n) is 7.17. The molecule has 0 aromatic rings. The predicted molar refractivity (Wildman–Crippen MR) is 42.9 cm³/mol. The van der Waals surface area contributed by atoms with Crippen LogP contribution in [0.5, 0.6) is 0 Å². The van der Waals surface area contributed by atoms with Crippen molar-refractivity contribution in [3.05, 3.63) is 0 Å². The normalized spacial score (nSPS) is 51.6. The lowest BCUT2D eigenvalue weighted by Gasteiger charge is -2.15. The van der Waals surface area contributed by atoms with Crippen molar-refractivity contribution in [1.82, 2.24) is 4.90 Å². The van der Waals surface area contributed by atoms with Gasteiger partial charge in [-0.05, 0) is 31.7 Å². The van der Waals surface area contributed by atoms with Crippen LogP contribution in [-0.2, 0) is 0 Å². The molecule has 2 fully saturated rings. The molecule has 10 heavy (non-hydrogen) atoms. The highest BCUT2D eigenvalue weighted by atomic mass is 15.2. The van der Waals surface area contributed by atoms with Crippen LogP contribution in [0.1, 0.15) is 26.7 Å². The van der Waals surface area contributed by atoms with Crippen LogP contribution in [0, 0.1) is 11.8 Å². The lowest BCUT2D eigenvalue weighted by Crippen LogP contribution is -2.25. The highest BCUT2D eigenvalue weighted by molar-refractivity contribution is 5.00. The lowest BCUT2D eigenvalue weighted by molar-refractivity contribution is 0.290. The molecule has 0 heterocycles. The van der Waals surface area contributed by atoms with Crippen LogP contribution in [0.25, 0.3) is 0 Å². The minimum atomic E-state index is 0.940. The van der Waals surface area contributed by atoms with Crippen LogP contribution < -0.4 is 0 Å². The van der Waals surface area contributed by atoms with Crippen molar-refractivity contribution in [1.29, 1.82) is 0 Å². The second-order valence-corrected chi connectivity index (χ2v) is 4.23. The van der Waals surface area contributed by atoms with Crippen LogP contribution in [0.3, 0.4) is 0 Å². The Labute approximate surface area is 63.4 Å². The lowest BCUT2D eigenvalue weighted by atomic mass is 10.4. The fourth-order valence-corrected chi connectivity index (χ4v) is 1.99. The Morgan fingerprint density at radius 2 is 1.30 bits per heavy atom. The first-order valence-electron chi connectivity index (χ1n) is 4.42. The number of hydrogen-bond acceptors (Lipinski definition) is 1. The molecular formula is C9H17N. The molecule has 2 aliphatic carbocycles. The van der Waals surface area contributed by atoms with Crippen molar-refractivity contribution in [3.8, 4) is 0 Å². The minimum absolute atomic E-state index is 0.940. The molecule has 2 saturated carbocycles. The van der Waals surface area contributed by atoms with Crippen molar-refractivity contribution in [2.24, 2.45) is 11.8 Å². The quantitative estimate of drug-likeness (QED) is 0.563. The third-order valence-electron chi connectivity index (χ3n) is 3.18. The van der Waals surface area contributed by atoms with Crippen LogP contribution >= 0.6 is 0 Å². The van der Waals surface area contributed by atoms with Gasteiger partial charge in [-0.1, -0.05) is 13.8 Å². The van der Waals surface area contributed by atoms with E-state index in [2.05, 4.69) is 25.8 Å². The molecule has 0 spiro atoms. The summed E-state index contributed by atoms with van der Waals surface area (Å²) in [7, 11) is 2.29. The Morgan fingerprint density at radius 1 is 1.00 bits per heavy atom. The third kappa shape index (κ3) is 0.968. The van der Waals surface area contributed by atoms with Gasteiger partial charge < -0.3 is 0 Å². The Bertz CT molecular complexity index is 128. The van der Waals surface area contributed by atoms with Crippen LogP contribution in [0.4, 0.5) is 0 Å². The van der Waals surface area contributed by atoms with E-state index in [4.69, 9.17) is 0 Å². The van der Waals surface area contributed by atoms with E-state index in [1.54, 1.807) is 0 Å². The summed E-state index contributed by atoms with van der Waals surface area (Å²) in [5.74, 6) is 1.97. The van der Waals surface area contributed by atoms with Crippen molar-refractivity contribution in [2.75, 3.05) is 7.05 Å². The number of nitrogens with zero attached hydrogens (tertiary/aromatic N) is 1. The molecule has 1 nitrogen and oxygen atoms in total. The molecule has 2 rings (SSSR count). The summed E-state index contributed by atoms with van der Waals surface area (Å²) in [5.41, 5.74) is 0. The average molecular weight is 139 g/mol. The molecule has 0 saturated heterocycles. The summed E-state index contributed by atoms with van der Waals surface area (Å²) in [4.78, 5) is 2.59. The van der Waals surface area contributed by atoms with Gasteiger partial charge >= 0.3 is 0 Å². The van der Waals surface area contributed by atoms with Crippen molar-refractivity contribution in [3.63, 3.8) is 0 Å². The topological polar surface area (TPSA) is 3.24 Å². The smallest absolute Gasteiger partial charge is 0.0125 e. The molecule has 2 aliphatic rings. The van der Waals surface area contributed by atoms with Gasteiger partial charge in [-0.2, -0.15) is 0 Å². The van der Waals surface area contributed by atoms with E-state index >= 15 is 0 Å². The van der Waals surface area contributed by atoms with Gasteiger partial charge in [0.15, 0.2) is 0 Å². The predicted octanol–water partition coefficient (Wildman–Crippen LogP) is 1.74. The largest absolute Gasteiger partial charge is 0.300 e. The van der Waals surface area contributed by atoms with E-state index in [0.29, 0.717) is 0 Å². The first-order chi connectivity index (χ1) is 4.70. The molecule has 0 aromatic carbocycles. The second-order valence-electron chi connectivity index (χ2n) is 4.23. The van der Waals surface area contributed by atoms with E-state index < -0.39 is 0 Å². The van der Waals surface area contributed by atoms with E-state index in [1.807, 2.05) is 0 Å². The van der Waals surface area contributed by atoms with Gasteiger partial charge in [0.25, 0.3) is 0 Å². The summed E-state index contributed by atoms with van der Waals surface area (Å²) < 4.78 is 0. The maximum atomic E-state index is 2.59. The van der Waals surface area contributed by atoms with Gasteiger partial charge in [-0.3, -0.25) is 4.90 Å². The molecule has 0 aromatic heterocycles. The summed E-state index contributed by atoms with van der Waals surface area (Å²) in [5, 5.41) is 0. The van der Waals surface area contributed by atoms with Crippen molar-refractivity contribution < 1.29 is 0 Å². The third-order valence-corrected chi connectivity index (χ3v) is 3.18. The first kappa shape index (κ1) is 6.66. The van der Waals surface area contributed by atoms with Crippen LogP contribution in [-0.4, -0.2) is 24.0 Å². The highest BCUT2D eigenvalue weighted by Crippen LogP contribution is 2.43. The summed E-state index contributed by atoms with van der Waals surface area (Å²) >= 11 is 0. The molecule has 0 bridgehead atoms. The summed E-state index contributed by atoms with van der Waals surface area (Å²) in [6.45, 7) is 4.71. The molecule has 4 atom stereocenters. The van der Waals surface area contributed by atoms with E-state index in [-0.39, 0.29) is 0 Å². The first-order valence-corrected chi connectivity index (χ1v) is 4.42. The molecule has 0 amide bonds. The van der Waals surface area contributed by atoms with Crippen molar-refractivity contribution >= 4 is 0 Å². The molecule has 0 radical (unpaired) electrons. The maximum Gasteiger partial charge on any atom is 0.0125 e. The molecular weight excluding hydrogens is 122 g/mol. The molecule has 58 valence electrons. The number of rotatable bonds is 2. The molecule has 0 N–H and O–H groups in total. The van der Waals surface area contributed by atoms with Crippen molar-refractivity contribution in [2.45, 2.75) is 38.8 Å². The Kier molecular flexibility index (Phi) is 1.31. The van der Waals surface area contributed by atoms with Gasteiger partial charge in [0.2, 0.25) is 0 Å². The SMILES string of the molecule is CC1CC1N(C)C1CC1C. The average Bonchev–Trinajstić information content (AvgIpc) is 2.70. The van der Waals surface area contributed by atoms with Gasteiger partial charge in [-0.25, -0.2) is 0 Å². The van der Waals surface area contributed by atoms with E-state index in [9.17, 15) is 0 Å². The van der Waals surface area contributed by atoms with E-state index in [1.165, 1.54) is 12.8 Å². The van der Waals surface area contributed by atoms with Gasteiger partial charge in [0.05, 0.1) is 0 Å². The minimum Gasteiger partial charge on any atom is -0.300 e. The molecule has 0 aliphatic heterocycles. The standard InChI is InChI=1S/C9H17N/c1-6-4-8(6)10(3)9-5-7(9)2/h6-9H,4-5H2,1-3H3. The monoisotopic (exact) mass is 139 g/mol. The fourth-order valence-electron chi connectivity index (χ4n) is 1.99. The fraction of sp³-hybridized carbons (Fsp3) is 1.00. The zero-order valence-corrected chi connectivity index (χ0v) is 7.17. The maximum absolute atomic E-state index is 2.59. The van der Waals surface area contributed by atoms with Gasteiger partial charge in [-0.15, -0.1) is 0 Å².